The second-order valence-electron chi connectivity index (χ2n) is 7.45. The number of carbonyl (C=O) groups excluding carboxylic acids is 1. The standard InChI is InChI=1S/C24H26ClN3O2/c25-21-6-8-22(9-7-21)28-15-13-27(14-16-28)12-11-26-24(29)18-30-23-10-5-19-3-1-2-4-20(19)17-23/h1-10,17H,11-16,18H2,(H,26,29). The average Bonchev–Trinajstić information content (AvgIpc) is 2.78. The molecule has 0 spiro atoms. The van der Waals surface area contributed by atoms with E-state index in [9.17, 15) is 4.79 Å². The zero-order valence-electron chi connectivity index (χ0n) is 16.9. The van der Waals surface area contributed by atoms with Crippen molar-refractivity contribution in [3.63, 3.8) is 0 Å². The van der Waals surface area contributed by atoms with E-state index in [1.54, 1.807) is 0 Å². The maximum atomic E-state index is 12.1. The van der Waals surface area contributed by atoms with Crippen LogP contribution in [-0.4, -0.2) is 56.7 Å². The van der Waals surface area contributed by atoms with Crippen LogP contribution in [0.2, 0.25) is 5.02 Å². The highest BCUT2D eigenvalue weighted by molar-refractivity contribution is 6.30. The molecule has 3 aromatic carbocycles. The van der Waals surface area contributed by atoms with Crippen molar-refractivity contribution < 1.29 is 9.53 Å². The fourth-order valence-corrected chi connectivity index (χ4v) is 3.82. The fourth-order valence-electron chi connectivity index (χ4n) is 3.69. The molecule has 0 atom stereocenters. The summed E-state index contributed by atoms with van der Waals surface area (Å²) in [7, 11) is 0. The van der Waals surface area contributed by atoms with Gasteiger partial charge < -0.3 is 15.0 Å². The zero-order chi connectivity index (χ0) is 20.8. The molecule has 1 fully saturated rings. The first-order valence-electron chi connectivity index (χ1n) is 10.3. The Bertz CT molecular complexity index is 985. The van der Waals surface area contributed by atoms with E-state index in [1.165, 1.54) is 5.69 Å². The van der Waals surface area contributed by atoms with Gasteiger partial charge in [0, 0.05) is 50.0 Å². The maximum absolute atomic E-state index is 12.1. The summed E-state index contributed by atoms with van der Waals surface area (Å²) in [6.45, 7) is 5.40. The lowest BCUT2D eigenvalue weighted by Crippen LogP contribution is -2.48. The van der Waals surface area contributed by atoms with Crippen LogP contribution in [0, 0.1) is 0 Å². The Morgan fingerprint density at radius 3 is 2.43 bits per heavy atom. The van der Waals surface area contributed by atoms with Gasteiger partial charge in [-0.3, -0.25) is 9.69 Å². The molecule has 0 saturated carbocycles. The SMILES string of the molecule is O=C(COc1ccc2ccccc2c1)NCCN1CCN(c2ccc(Cl)cc2)CC1. The molecule has 30 heavy (non-hydrogen) atoms. The van der Waals surface area contributed by atoms with Gasteiger partial charge in [0.2, 0.25) is 0 Å². The van der Waals surface area contributed by atoms with Gasteiger partial charge in [-0.2, -0.15) is 0 Å². The first kappa shape index (κ1) is 20.5. The molecule has 156 valence electrons. The zero-order valence-corrected chi connectivity index (χ0v) is 17.6. The molecule has 0 aromatic heterocycles. The molecule has 1 aliphatic rings. The van der Waals surface area contributed by atoms with Crippen molar-refractivity contribution in [3.05, 3.63) is 71.8 Å². The lowest BCUT2D eigenvalue weighted by molar-refractivity contribution is -0.123. The van der Waals surface area contributed by atoms with Crippen LogP contribution in [0.25, 0.3) is 10.8 Å². The summed E-state index contributed by atoms with van der Waals surface area (Å²) in [6.07, 6.45) is 0. The quantitative estimate of drug-likeness (QED) is 0.627. The molecule has 3 aromatic rings. The van der Waals surface area contributed by atoms with Crippen LogP contribution in [0.1, 0.15) is 0 Å². The van der Waals surface area contributed by atoms with Gasteiger partial charge in [0.1, 0.15) is 5.75 Å². The van der Waals surface area contributed by atoms with E-state index in [1.807, 2.05) is 48.5 Å². The molecule has 0 radical (unpaired) electrons. The van der Waals surface area contributed by atoms with Crippen molar-refractivity contribution >= 4 is 34.0 Å². The Balaban J connectivity index is 1.15. The van der Waals surface area contributed by atoms with E-state index in [2.05, 4.69) is 33.3 Å². The molecular weight excluding hydrogens is 398 g/mol. The second kappa shape index (κ2) is 9.83. The lowest BCUT2D eigenvalue weighted by Gasteiger charge is -2.36. The number of benzene rings is 3. The highest BCUT2D eigenvalue weighted by Gasteiger charge is 2.17. The first-order valence-corrected chi connectivity index (χ1v) is 10.7. The highest BCUT2D eigenvalue weighted by Crippen LogP contribution is 2.21. The number of halogens is 1. The number of amides is 1. The Hall–Kier alpha value is -2.76. The summed E-state index contributed by atoms with van der Waals surface area (Å²) in [6, 6.07) is 21.9. The van der Waals surface area contributed by atoms with E-state index in [0.717, 1.165) is 48.5 Å². The minimum Gasteiger partial charge on any atom is -0.484 e. The summed E-state index contributed by atoms with van der Waals surface area (Å²) < 4.78 is 5.65. The third-order valence-electron chi connectivity index (χ3n) is 5.41. The number of nitrogens with one attached hydrogen (secondary N) is 1. The number of rotatable bonds is 7. The Labute approximate surface area is 182 Å². The summed E-state index contributed by atoms with van der Waals surface area (Å²) in [5.41, 5.74) is 1.21. The number of piperazine rings is 1. The predicted octanol–water partition coefficient (Wildman–Crippen LogP) is 3.81. The largest absolute Gasteiger partial charge is 0.484 e. The summed E-state index contributed by atoms with van der Waals surface area (Å²) in [5.74, 6) is 0.616. The minimum absolute atomic E-state index is 0.0304. The molecule has 4 rings (SSSR count). The molecule has 1 heterocycles. The topological polar surface area (TPSA) is 44.8 Å². The molecule has 1 saturated heterocycles. The Morgan fingerprint density at radius 2 is 1.67 bits per heavy atom. The number of ether oxygens (including phenoxy) is 1. The molecule has 0 bridgehead atoms. The van der Waals surface area contributed by atoms with Crippen molar-refractivity contribution in [1.29, 1.82) is 0 Å². The molecule has 0 aliphatic carbocycles. The van der Waals surface area contributed by atoms with Crippen molar-refractivity contribution in [2.45, 2.75) is 0 Å². The van der Waals surface area contributed by atoms with Crippen LogP contribution in [0.15, 0.2) is 66.7 Å². The number of carbonyl (C=O) groups is 1. The first-order chi connectivity index (χ1) is 14.7. The summed E-state index contributed by atoms with van der Waals surface area (Å²) in [4.78, 5) is 16.8. The third kappa shape index (κ3) is 5.43. The monoisotopic (exact) mass is 423 g/mol. The molecule has 0 unspecified atom stereocenters. The van der Waals surface area contributed by atoms with E-state index < -0.39 is 0 Å². The smallest absolute Gasteiger partial charge is 0.257 e. The minimum atomic E-state index is -0.0945. The van der Waals surface area contributed by atoms with Gasteiger partial charge in [-0.1, -0.05) is 41.9 Å². The molecule has 1 N–H and O–H groups in total. The van der Waals surface area contributed by atoms with Crippen molar-refractivity contribution in [2.75, 3.05) is 50.8 Å². The van der Waals surface area contributed by atoms with Gasteiger partial charge in [0.15, 0.2) is 6.61 Å². The number of hydrogen-bond donors (Lipinski definition) is 1. The molecule has 1 aliphatic heterocycles. The van der Waals surface area contributed by atoms with Crippen LogP contribution < -0.4 is 15.0 Å². The summed E-state index contributed by atoms with van der Waals surface area (Å²) >= 11 is 5.97. The summed E-state index contributed by atoms with van der Waals surface area (Å²) in [5, 5.41) is 5.98. The highest BCUT2D eigenvalue weighted by atomic mass is 35.5. The predicted molar refractivity (Wildman–Crippen MR) is 123 cm³/mol. The lowest BCUT2D eigenvalue weighted by atomic mass is 10.1. The van der Waals surface area contributed by atoms with Crippen LogP contribution in [0.5, 0.6) is 5.75 Å². The van der Waals surface area contributed by atoms with Crippen LogP contribution in [0.4, 0.5) is 5.69 Å². The van der Waals surface area contributed by atoms with Crippen LogP contribution in [0.3, 0.4) is 0 Å². The number of nitrogens with zero attached hydrogens (tertiary/aromatic N) is 2. The van der Waals surface area contributed by atoms with E-state index >= 15 is 0 Å². The van der Waals surface area contributed by atoms with E-state index in [4.69, 9.17) is 16.3 Å². The number of anilines is 1. The maximum Gasteiger partial charge on any atom is 0.257 e. The van der Waals surface area contributed by atoms with Crippen molar-refractivity contribution in [1.82, 2.24) is 10.2 Å². The molecule has 1 amide bonds. The van der Waals surface area contributed by atoms with Crippen LogP contribution in [-0.2, 0) is 4.79 Å². The number of hydrogen-bond acceptors (Lipinski definition) is 4. The number of fused-ring (bicyclic) bond motifs is 1. The van der Waals surface area contributed by atoms with Gasteiger partial charge in [-0.05, 0) is 47.2 Å². The van der Waals surface area contributed by atoms with Gasteiger partial charge in [-0.25, -0.2) is 0 Å². The Kier molecular flexibility index (Phi) is 6.72. The molecule has 6 heteroatoms. The van der Waals surface area contributed by atoms with Gasteiger partial charge >= 0.3 is 0 Å². The van der Waals surface area contributed by atoms with Crippen LogP contribution >= 0.6 is 11.6 Å². The molecule has 5 nitrogen and oxygen atoms in total. The Morgan fingerprint density at radius 1 is 0.933 bits per heavy atom. The van der Waals surface area contributed by atoms with Gasteiger partial charge in [-0.15, -0.1) is 0 Å². The van der Waals surface area contributed by atoms with Crippen molar-refractivity contribution in [2.24, 2.45) is 0 Å². The van der Waals surface area contributed by atoms with Gasteiger partial charge in [0.05, 0.1) is 0 Å². The second-order valence-corrected chi connectivity index (χ2v) is 7.89. The average molecular weight is 424 g/mol. The third-order valence-corrected chi connectivity index (χ3v) is 5.66. The van der Waals surface area contributed by atoms with E-state index in [0.29, 0.717) is 12.3 Å². The normalized spacial score (nSPS) is 14.6. The van der Waals surface area contributed by atoms with Gasteiger partial charge in [0.25, 0.3) is 5.91 Å². The fraction of sp³-hybridized carbons (Fsp3) is 0.292. The van der Waals surface area contributed by atoms with Crippen molar-refractivity contribution in [3.8, 4) is 5.75 Å². The van der Waals surface area contributed by atoms with E-state index in [-0.39, 0.29) is 12.5 Å². The molecular formula is C24H26ClN3O2.